The van der Waals surface area contributed by atoms with Crippen molar-refractivity contribution in [2.24, 2.45) is 0 Å². The Morgan fingerprint density at radius 1 is 1.00 bits per heavy atom. The molecule has 0 aliphatic heterocycles. The van der Waals surface area contributed by atoms with Gasteiger partial charge in [0.1, 0.15) is 0 Å². The Labute approximate surface area is 125 Å². The van der Waals surface area contributed by atoms with E-state index < -0.39 is 27.2 Å². The monoisotopic (exact) mass is 331 g/mol. The highest BCUT2D eigenvalue weighted by Crippen LogP contribution is 2.32. The fourth-order valence-corrected chi connectivity index (χ4v) is 2.68. The van der Waals surface area contributed by atoms with Gasteiger partial charge in [-0.2, -0.15) is 21.6 Å². The summed E-state index contributed by atoms with van der Waals surface area (Å²) in [6, 6.07) is 11.7. The van der Waals surface area contributed by atoms with E-state index in [0.29, 0.717) is 0 Å². The fourth-order valence-electron chi connectivity index (χ4n) is 1.89. The average Bonchev–Trinajstić information content (AvgIpc) is 2.44. The number of alkyl halides is 3. The van der Waals surface area contributed by atoms with Crippen LogP contribution in [0.25, 0.3) is 0 Å². The van der Waals surface area contributed by atoms with E-state index in [0.717, 1.165) is 18.2 Å². The molecule has 2 aromatic carbocycles. The number of rotatable bonds is 4. The molecule has 1 unspecified atom stereocenters. The number of hydrogen-bond acceptors (Lipinski definition) is 3. The zero-order chi connectivity index (χ0) is 16.4. The first-order chi connectivity index (χ1) is 10.2. The Morgan fingerprint density at radius 2 is 1.64 bits per heavy atom. The number of hydrogen-bond donors (Lipinski definition) is 2. The van der Waals surface area contributed by atoms with E-state index in [1.165, 1.54) is 18.2 Å². The summed E-state index contributed by atoms with van der Waals surface area (Å²) < 4.78 is 70.3. The Kier molecular flexibility index (Phi) is 4.43. The van der Waals surface area contributed by atoms with Crippen LogP contribution in [0, 0.1) is 0 Å². The molecule has 0 spiro atoms. The van der Waals surface area contributed by atoms with Gasteiger partial charge in [-0.25, -0.2) is 0 Å². The van der Waals surface area contributed by atoms with Gasteiger partial charge in [0.2, 0.25) is 0 Å². The van der Waals surface area contributed by atoms with E-state index >= 15 is 0 Å². The molecule has 118 valence electrons. The molecule has 1 atom stereocenters. The van der Waals surface area contributed by atoms with Gasteiger partial charge in [0.25, 0.3) is 10.1 Å². The molecule has 0 saturated heterocycles. The van der Waals surface area contributed by atoms with Crippen LogP contribution in [-0.2, 0) is 16.3 Å². The van der Waals surface area contributed by atoms with Crippen molar-refractivity contribution in [2.75, 3.05) is 5.32 Å². The van der Waals surface area contributed by atoms with Crippen LogP contribution in [-0.4, -0.2) is 13.0 Å². The Balaban J connectivity index is 2.37. The molecular formula is C14H12F3NO3S. The van der Waals surface area contributed by atoms with Crippen molar-refractivity contribution < 1.29 is 26.1 Å². The van der Waals surface area contributed by atoms with E-state index in [1.807, 2.05) is 0 Å². The lowest BCUT2D eigenvalue weighted by Gasteiger charge is -2.18. The van der Waals surface area contributed by atoms with E-state index in [-0.39, 0.29) is 11.3 Å². The summed E-state index contributed by atoms with van der Waals surface area (Å²) in [6.45, 7) is 0. The van der Waals surface area contributed by atoms with Gasteiger partial charge in [0, 0.05) is 5.69 Å². The van der Waals surface area contributed by atoms with Crippen molar-refractivity contribution in [2.45, 2.75) is 11.6 Å². The highest BCUT2D eigenvalue weighted by Gasteiger charge is 2.31. The van der Waals surface area contributed by atoms with Gasteiger partial charge >= 0.3 is 6.18 Å². The number of anilines is 1. The molecule has 0 aliphatic carbocycles. The molecule has 0 radical (unpaired) electrons. The Bertz CT molecular complexity index is 745. The maximum Gasteiger partial charge on any atom is 0.416 e. The zero-order valence-corrected chi connectivity index (χ0v) is 11.9. The molecule has 0 saturated carbocycles. The third kappa shape index (κ3) is 3.99. The second-order valence-corrected chi connectivity index (χ2v) is 6.03. The maximum absolute atomic E-state index is 12.7. The van der Waals surface area contributed by atoms with Gasteiger partial charge in [-0.3, -0.25) is 4.55 Å². The lowest BCUT2D eigenvalue weighted by Crippen LogP contribution is -2.21. The Morgan fingerprint density at radius 3 is 2.18 bits per heavy atom. The van der Waals surface area contributed by atoms with E-state index in [9.17, 15) is 26.1 Å². The minimum Gasteiger partial charge on any atom is -0.363 e. The molecule has 22 heavy (non-hydrogen) atoms. The minimum atomic E-state index is -4.56. The molecule has 2 N–H and O–H groups in total. The highest BCUT2D eigenvalue weighted by atomic mass is 32.2. The van der Waals surface area contributed by atoms with Crippen molar-refractivity contribution in [3.05, 3.63) is 65.7 Å². The third-order valence-electron chi connectivity index (χ3n) is 2.89. The fraction of sp³-hybridized carbons (Fsp3) is 0.143. The molecule has 0 amide bonds. The molecule has 0 aromatic heterocycles. The molecule has 2 rings (SSSR count). The predicted octanol–water partition coefficient (Wildman–Crippen LogP) is 3.70. The molecule has 0 aliphatic rings. The van der Waals surface area contributed by atoms with Gasteiger partial charge in [-0.15, -0.1) is 0 Å². The molecule has 0 fully saturated rings. The Hall–Kier alpha value is -2.06. The van der Waals surface area contributed by atoms with Crippen LogP contribution < -0.4 is 5.32 Å². The number of nitrogens with one attached hydrogen (secondary N) is 1. The second-order valence-electron chi connectivity index (χ2n) is 4.53. The summed E-state index contributed by atoms with van der Waals surface area (Å²) in [5.41, 5.74) is -0.775. The van der Waals surface area contributed by atoms with Crippen molar-refractivity contribution >= 4 is 15.8 Å². The summed E-state index contributed by atoms with van der Waals surface area (Å²) in [4.78, 5) is 0. The van der Waals surface area contributed by atoms with Crippen LogP contribution in [0.4, 0.5) is 18.9 Å². The van der Waals surface area contributed by atoms with Crippen LogP contribution in [0.3, 0.4) is 0 Å². The smallest absolute Gasteiger partial charge is 0.363 e. The van der Waals surface area contributed by atoms with E-state index in [2.05, 4.69) is 5.32 Å². The van der Waals surface area contributed by atoms with Crippen molar-refractivity contribution in [3.8, 4) is 0 Å². The first-order valence-electron chi connectivity index (χ1n) is 6.13. The lowest BCUT2D eigenvalue weighted by atomic mass is 10.1. The topological polar surface area (TPSA) is 66.4 Å². The van der Waals surface area contributed by atoms with Crippen molar-refractivity contribution in [3.63, 3.8) is 0 Å². The van der Waals surface area contributed by atoms with Crippen LogP contribution in [0.5, 0.6) is 0 Å². The normalized spacial score (nSPS) is 13.6. The van der Waals surface area contributed by atoms with E-state index in [4.69, 9.17) is 0 Å². The molecular weight excluding hydrogens is 319 g/mol. The van der Waals surface area contributed by atoms with Crippen LogP contribution in [0.15, 0.2) is 54.6 Å². The SMILES string of the molecule is O=S(=O)(O)C(Nc1cccc(C(F)(F)F)c1)c1ccccc1. The van der Waals surface area contributed by atoms with Gasteiger partial charge in [-0.1, -0.05) is 36.4 Å². The predicted molar refractivity (Wildman–Crippen MR) is 75.8 cm³/mol. The molecule has 0 bridgehead atoms. The highest BCUT2D eigenvalue weighted by molar-refractivity contribution is 7.86. The maximum atomic E-state index is 12.7. The first-order valence-corrected chi connectivity index (χ1v) is 7.63. The molecule has 0 heterocycles. The molecule has 8 heteroatoms. The van der Waals surface area contributed by atoms with Crippen LogP contribution in [0.1, 0.15) is 16.5 Å². The van der Waals surface area contributed by atoms with Crippen molar-refractivity contribution in [1.82, 2.24) is 0 Å². The van der Waals surface area contributed by atoms with Crippen molar-refractivity contribution in [1.29, 1.82) is 0 Å². The summed E-state index contributed by atoms with van der Waals surface area (Å²) in [7, 11) is -4.56. The van der Waals surface area contributed by atoms with E-state index in [1.54, 1.807) is 18.2 Å². The summed E-state index contributed by atoms with van der Waals surface area (Å²) in [6.07, 6.45) is -4.54. The molecule has 2 aromatic rings. The van der Waals surface area contributed by atoms with Gasteiger partial charge < -0.3 is 5.32 Å². The summed E-state index contributed by atoms with van der Waals surface area (Å²) >= 11 is 0. The summed E-state index contributed by atoms with van der Waals surface area (Å²) in [5.74, 6) is 0. The standard InChI is InChI=1S/C14H12F3NO3S/c15-14(16,17)11-7-4-8-12(9-11)18-13(22(19,20)21)10-5-2-1-3-6-10/h1-9,13,18H,(H,19,20,21). The van der Waals surface area contributed by atoms with Crippen LogP contribution in [0.2, 0.25) is 0 Å². The average molecular weight is 331 g/mol. The summed E-state index contributed by atoms with van der Waals surface area (Å²) in [5, 5.41) is 0.852. The largest absolute Gasteiger partial charge is 0.416 e. The number of halogens is 3. The first kappa shape index (κ1) is 16.3. The minimum absolute atomic E-state index is 0.0682. The molecule has 4 nitrogen and oxygen atoms in total. The number of benzene rings is 2. The third-order valence-corrected chi connectivity index (χ3v) is 3.87. The van der Waals surface area contributed by atoms with Gasteiger partial charge in [-0.05, 0) is 23.8 Å². The van der Waals surface area contributed by atoms with Crippen LogP contribution >= 0.6 is 0 Å². The zero-order valence-electron chi connectivity index (χ0n) is 11.1. The lowest BCUT2D eigenvalue weighted by molar-refractivity contribution is -0.137. The second kappa shape index (κ2) is 5.98. The van der Waals surface area contributed by atoms with Gasteiger partial charge in [0.05, 0.1) is 5.56 Å². The van der Waals surface area contributed by atoms with Gasteiger partial charge in [0.15, 0.2) is 5.37 Å². The quantitative estimate of drug-likeness (QED) is 0.838.